The fraction of sp³-hybridized carbons (Fsp3) is 0.609. The highest BCUT2D eigenvalue weighted by Gasteiger charge is 2.34. The van der Waals surface area contributed by atoms with E-state index in [1.807, 2.05) is 20.8 Å². The number of fused-ring (bicyclic) bond motifs is 1. The molecule has 1 saturated carbocycles. The average Bonchev–Trinajstić information content (AvgIpc) is 2.96. The maximum atomic E-state index is 12.6. The lowest BCUT2D eigenvalue weighted by Gasteiger charge is -2.35. The Bertz CT molecular complexity index is 1000. The van der Waals surface area contributed by atoms with Gasteiger partial charge in [-0.25, -0.2) is 9.48 Å². The summed E-state index contributed by atoms with van der Waals surface area (Å²) in [6, 6.07) is 6.99. The fourth-order valence-electron chi connectivity index (χ4n) is 4.00. The Balaban J connectivity index is 1.60. The van der Waals surface area contributed by atoms with Gasteiger partial charge in [-0.05, 0) is 45.7 Å². The van der Waals surface area contributed by atoms with E-state index >= 15 is 0 Å². The van der Waals surface area contributed by atoms with Crippen LogP contribution in [-0.2, 0) is 16.1 Å². The molecule has 32 heavy (non-hydrogen) atoms. The number of aryl methyl sites for hydroxylation is 1. The van der Waals surface area contributed by atoms with Gasteiger partial charge in [0, 0.05) is 13.0 Å². The molecule has 1 aromatic heterocycles. The molecule has 0 bridgehead atoms. The predicted octanol–water partition coefficient (Wildman–Crippen LogP) is 2.92. The Labute approximate surface area is 187 Å². The molecular weight excluding hydrogens is 410 g/mol. The van der Waals surface area contributed by atoms with Gasteiger partial charge in [-0.1, -0.05) is 43.0 Å². The van der Waals surface area contributed by atoms with Crippen molar-refractivity contribution in [2.75, 3.05) is 6.54 Å². The van der Waals surface area contributed by atoms with Gasteiger partial charge >= 0.3 is 6.09 Å². The normalized spacial score (nSPS) is 16.2. The van der Waals surface area contributed by atoms with Gasteiger partial charge in [-0.2, -0.15) is 0 Å². The van der Waals surface area contributed by atoms with Gasteiger partial charge in [0.1, 0.15) is 11.1 Å². The summed E-state index contributed by atoms with van der Waals surface area (Å²) in [5.74, 6) is -0.207. The number of amides is 2. The molecule has 0 atom stereocenters. The third-order valence-corrected chi connectivity index (χ3v) is 5.63. The Kier molecular flexibility index (Phi) is 7.48. The van der Waals surface area contributed by atoms with E-state index in [4.69, 9.17) is 4.74 Å². The molecule has 174 valence electrons. The lowest BCUT2D eigenvalue weighted by Crippen LogP contribution is -2.56. The fourth-order valence-corrected chi connectivity index (χ4v) is 4.00. The number of nitrogens with zero attached hydrogens (tertiary/aromatic N) is 3. The third kappa shape index (κ3) is 6.51. The molecule has 9 heteroatoms. The summed E-state index contributed by atoms with van der Waals surface area (Å²) in [6.07, 6.45) is 5.36. The molecular formula is C23H33N5O4. The lowest BCUT2D eigenvalue weighted by molar-refractivity contribution is -0.121. The molecule has 0 aliphatic heterocycles. The standard InChI is InChI=1S/C23H33N5O4/c1-22(2,3)32-21(31)25-23(13-8-4-5-9-14-23)16-24-19(29)12-15-28-20(30)17-10-6-7-11-18(17)26-27-28/h6-7,10-11H,4-5,8-9,12-16H2,1-3H3,(H,24,29)(H,25,31). The third-order valence-electron chi connectivity index (χ3n) is 5.63. The Morgan fingerprint density at radius 3 is 2.50 bits per heavy atom. The molecule has 1 heterocycles. The van der Waals surface area contributed by atoms with Gasteiger partial charge in [-0.15, -0.1) is 5.10 Å². The van der Waals surface area contributed by atoms with Crippen LogP contribution in [0, 0.1) is 0 Å². The van der Waals surface area contributed by atoms with Gasteiger partial charge in [0.2, 0.25) is 5.91 Å². The predicted molar refractivity (Wildman–Crippen MR) is 121 cm³/mol. The summed E-state index contributed by atoms with van der Waals surface area (Å²) in [7, 11) is 0. The SMILES string of the molecule is CC(C)(C)OC(=O)NC1(CNC(=O)CCn2nnc3ccccc3c2=O)CCCCCC1. The van der Waals surface area contributed by atoms with Gasteiger partial charge < -0.3 is 15.4 Å². The summed E-state index contributed by atoms with van der Waals surface area (Å²) >= 11 is 0. The van der Waals surface area contributed by atoms with E-state index in [9.17, 15) is 14.4 Å². The number of aromatic nitrogens is 3. The quantitative estimate of drug-likeness (QED) is 0.664. The van der Waals surface area contributed by atoms with Crippen LogP contribution in [0.5, 0.6) is 0 Å². The van der Waals surface area contributed by atoms with Crippen molar-refractivity contribution in [1.82, 2.24) is 25.6 Å². The number of rotatable bonds is 6. The van der Waals surface area contributed by atoms with Gasteiger partial charge in [0.15, 0.2) is 0 Å². The summed E-state index contributed by atoms with van der Waals surface area (Å²) in [5, 5.41) is 14.4. The number of hydrogen-bond donors (Lipinski definition) is 2. The Morgan fingerprint density at radius 2 is 1.81 bits per heavy atom. The first kappa shape index (κ1) is 23.7. The highest BCUT2D eigenvalue weighted by atomic mass is 16.6. The molecule has 2 amide bonds. The van der Waals surface area contributed by atoms with Crippen molar-refractivity contribution in [3.05, 3.63) is 34.6 Å². The van der Waals surface area contributed by atoms with E-state index in [-0.39, 0.29) is 24.4 Å². The topological polar surface area (TPSA) is 115 Å². The molecule has 1 aliphatic carbocycles. The van der Waals surface area contributed by atoms with Crippen LogP contribution in [-0.4, -0.2) is 44.7 Å². The minimum atomic E-state index is -0.590. The monoisotopic (exact) mass is 443 g/mol. The minimum Gasteiger partial charge on any atom is -0.444 e. The summed E-state index contributed by atoms with van der Waals surface area (Å²) in [6.45, 7) is 5.93. The number of alkyl carbamates (subject to hydrolysis) is 1. The maximum absolute atomic E-state index is 12.6. The molecule has 2 N–H and O–H groups in total. The number of hydrogen-bond acceptors (Lipinski definition) is 6. The molecule has 1 fully saturated rings. The molecule has 0 unspecified atom stereocenters. The molecule has 0 radical (unpaired) electrons. The number of carbonyl (C=O) groups excluding carboxylic acids is 2. The van der Waals surface area contributed by atoms with Crippen LogP contribution in [0.3, 0.4) is 0 Å². The molecule has 0 spiro atoms. The lowest BCUT2D eigenvalue weighted by atomic mass is 9.90. The van der Waals surface area contributed by atoms with Crippen LogP contribution in [0.2, 0.25) is 0 Å². The summed E-state index contributed by atoms with van der Waals surface area (Å²) < 4.78 is 6.66. The first-order valence-electron chi connectivity index (χ1n) is 11.3. The van der Waals surface area contributed by atoms with Crippen LogP contribution in [0.25, 0.3) is 10.9 Å². The molecule has 2 aromatic rings. The van der Waals surface area contributed by atoms with E-state index in [1.54, 1.807) is 24.3 Å². The first-order chi connectivity index (χ1) is 15.2. The molecule has 9 nitrogen and oxygen atoms in total. The van der Waals surface area contributed by atoms with E-state index in [0.717, 1.165) is 38.5 Å². The molecule has 0 saturated heterocycles. The van der Waals surface area contributed by atoms with Gasteiger partial charge in [-0.3, -0.25) is 9.59 Å². The second kappa shape index (κ2) is 10.1. The first-order valence-corrected chi connectivity index (χ1v) is 11.3. The van der Waals surface area contributed by atoms with Crippen LogP contribution < -0.4 is 16.2 Å². The van der Waals surface area contributed by atoms with Crippen molar-refractivity contribution in [3.8, 4) is 0 Å². The number of carbonyl (C=O) groups is 2. The zero-order valence-electron chi connectivity index (χ0n) is 19.1. The van der Waals surface area contributed by atoms with Crippen molar-refractivity contribution >= 4 is 22.9 Å². The number of ether oxygens (including phenoxy) is 1. The van der Waals surface area contributed by atoms with E-state index in [0.29, 0.717) is 17.4 Å². The number of nitrogens with one attached hydrogen (secondary N) is 2. The smallest absolute Gasteiger partial charge is 0.408 e. The van der Waals surface area contributed by atoms with Gasteiger partial charge in [0.25, 0.3) is 5.56 Å². The van der Waals surface area contributed by atoms with Crippen LogP contribution >= 0.6 is 0 Å². The number of benzene rings is 1. The van der Waals surface area contributed by atoms with Gasteiger partial charge in [0.05, 0.1) is 17.5 Å². The second-order valence-electron chi connectivity index (χ2n) is 9.48. The molecule has 1 aliphatic rings. The van der Waals surface area contributed by atoms with E-state index in [2.05, 4.69) is 20.9 Å². The Hall–Kier alpha value is -2.97. The van der Waals surface area contributed by atoms with Crippen molar-refractivity contribution in [2.24, 2.45) is 0 Å². The largest absolute Gasteiger partial charge is 0.444 e. The van der Waals surface area contributed by atoms with E-state index < -0.39 is 17.2 Å². The Morgan fingerprint density at radius 1 is 1.12 bits per heavy atom. The average molecular weight is 444 g/mol. The molecule has 1 aromatic carbocycles. The zero-order valence-corrected chi connectivity index (χ0v) is 19.1. The zero-order chi connectivity index (χ0) is 23.2. The highest BCUT2D eigenvalue weighted by Crippen LogP contribution is 2.27. The van der Waals surface area contributed by atoms with Crippen molar-refractivity contribution in [3.63, 3.8) is 0 Å². The van der Waals surface area contributed by atoms with Crippen molar-refractivity contribution in [1.29, 1.82) is 0 Å². The van der Waals surface area contributed by atoms with Crippen LogP contribution in [0.4, 0.5) is 4.79 Å². The molecule has 3 rings (SSSR count). The maximum Gasteiger partial charge on any atom is 0.408 e. The van der Waals surface area contributed by atoms with Crippen molar-refractivity contribution < 1.29 is 14.3 Å². The van der Waals surface area contributed by atoms with E-state index in [1.165, 1.54) is 4.68 Å². The summed E-state index contributed by atoms with van der Waals surface area (Å²) in [5.41, 5.74) is -0.862. The highest BCUT2D eigenvalue weighted by molar-refractivity contribution is 5.77. The minimum absolute atomic E-state index is 0.0927. The summed E-state index contributed by atoms with van der Waals surface area (Å²) in [4.78, 5) is 37.5. The van der Waals surface area contributed by atoms with Crippen molar-refractivity contribution in [2.45, 2.75) is 83.4 Å². The van der Waals surface area contributed by atoms with Crippen LogP contribution in [0.15, 0.2) is 29.1 Å². The van der Waals surface area contributed by atoms with Crippen LogP contribution in [0.1, 0.15) is 65.7 Å². The second-order valence-corrected chi connectivity index (χ2v) is 9.48.